The molecular formula is C23H27FN4O2S. The van der Waals surface area contributed by atoms with E-state index in [4.69, 9.17) is 9.73 Å². The van der Waals surface area contributed by atoms with Gasteiger partial charge in [0.05, 0.1) is 12.8 Å². The quantitative estimate of drug-likeness (QED) is 0.500. The Morgan fingerprint density at radius 1 is 1.19 bits per heavy atom. The number of thiazole rings is 1. The van der Waals surface area contributed by atoms with Gasteiger partial charge in [-0.3, -0.25) is 0 Å². The van der Waals surface area contributed by atoms with E-state index in [1.54, 1.807) is 19.2 Å². The number of nitrogens with one attached hydrogen (secondary N) is 2. The molecule has 0 fully saturated rings. The number of aryl methyl sites for hydroxylation is 1. The molecule has 3 rings (SSSR count). The highest BCUT2D eigenvalue weighted by molar-refractivity contribution is 7.07. The number of benzene rings is 2. The van der Waals surface area contributed by atoms with Crippen LogP contribution in [-0.4, -0.2) is 30.8 Å². The Morgan fingerprint density at radius 2 is 1.97 bits per heavy atom. The van der Waals surface area contributed by atoms with Crippen LogP contribution in [0.1, 0.15) is 18.9 Å². The lowest BCUT2D eigenvalue weighted by atomic mass is 10.1. The normalized spacial score (nSPS) is 11.4. The van der Waals surface area contributed by atoms with E-state index < -0.39 is 0 Å². The van der Waals surface area contributed by atoms with Gasteiger partial charge in [0, 0.05) is 25.0 Å². The third-order valence-electron chi connectivity index (χ3n) is 4.67. The summed E-state index contributed by atoms with van der Waals surface area (Å²) < 4.78 is 21.0. The summed E-state index contributed by atoms with van der Waals surface area (Å²) in [5.41, 5.74) is 3.70. The number of methoxy groups -OCH3 is 1. The summed E-state index contributed by atoms with van der Waals surface area (Å²) in [5, 5.41) is 7.58. The van der Waals surface area contributed by atoms with Gasteiger partial charge >= 0.3 is 6.03 Å². The molecule has 6 nitrogen and oxygen atoms in total. The molecule has 1 heterocycles. The minimum Gasteiger partial charge on any atom is -0.494 e. The molecule has 0 bridgehead atoms. The Hall–Kier alpha value is -3.13. The number of amides is 2. The van der Waals surface area contributed by atoms with Crippen LogP contribution < -0.4 is 20.2 Å². The lowest BCUT2D eigenvalue weighted by Gasteiger charge is -2.11. The Morgan fingerprint density at radius 3 is 2.68 bits per heavy atom. The molecule has 0 aliphatic carbocycles. The Kier molecular flexibility index (Phi) is 7.83. The third kappa shape index (κ3) is 5.95. The fourth-order valence-corrected chi connectivity index (χ4v) is 4.08. The van der Waals surface area contributed by atoms with E-state index in [2.05, 4.69) is 15.2 Å². The van der Waals surface area contributed by atoms with E-state index in [9.17, 15) is 9.18 Å². The minimum atomic E-state index is -0.272. The molecule has 0 saturated carbocycles. The lowest BCUT2D eigenvalue weighted by molar-refractivity contribution is 0.241. The maximum Gasteiger partial charge on any atom is 0.314 e. The smallest absolute Gasteiger partial charge is 0.314 e. The van der Waals surface area contributed by atoms with Gasteiger partial charge in [0.2, 0.25) is 0 Å². The van der Waals surface area contributed by atoms with Gasteiger partial charge in [0.15, 0.2) is 4.80 Å². The molecule has 31 heavy (non-hydrogen) atoms. The van der Waals surface area contributed by atoms with E-state index >= 15 is 0 Å². The molecule has 0 radical (unpaired) electrons. The summed E-state index contributed by atoms with van der Waals surface area (Å²) in [6.07, 6.45) is 0.723. The van der Waals surface area contributed by atoms with Crippen molar-refractivity contribution < 1.29 is 13.9 Å². The van der Waals surface area contributed by atoms with Crippen LogP contribution in [-0.2, 0) is 6.54 Å². The van der Waals surface area contributed by atoms with Crippen LogP contribution in [0.4, 0.5) is 14.9 Å². The fourth-order valence-electron chi connectivity index (χ4n) is 3.13. The van der Waals surface area contributed by atoms with Gasteiger partial charge in [0.25, 0.3) is 0 Å². The zero-order valence-electron chi connectivity index (χ0n) is 17.9. The van der Waals surface area contributed by atoms with Gasteiger partial charge in [-0.25, -0.2) is 14.2 Å². The monoisotopic (exact) mass is 442 g/mol. The highest BCUT2D eigenvalue weighted by atomic mass is 32.1. The number of nitrogens with zero attached hydrogens (tertiary/aromatic N) is 2. The zero-order chi connectivity index (χ0) is 22.2. The molecule has 3 aromatic rings. The van der Waals surface area contributed by atoms with Gasteiger partial charge in [-0.05, 0) is 67.8 Å². The first-order valence-electron chi connectivity index (χ1n) is 10.2. The highest BCUT2D eigenvalue weighted by Gasteiger charge is 2.10. The first-order chi connectivity index (χ1) is 15.0. The summed E-state index contributed by atoms with van der Waals surface area (Å²) >= 11 is 1.51. The summed E-state index contributed by atoms with van der Waals surface area (Å²) in [7, 11) is 1.63. The van der Waals surface area contributed by atoms with Crippen LogP contribution >= 0.6 is 11.3 Å². The number of hydrogen-bond donors (Lipinski definition) is 2. The fraction of sp³-hybridized carbons (Fsp3) is 0.304. The Balaban J connectivity index is 1.93. The van der Waals surface area contributed by atoms with Crippen LogP contribution in [0.5, 0.6) is 5.75 Å². The van der Waals surface area contributed by atoms with E-state index in [1.807, 2.05) is 37.4 Å². The molecule has 0 unspecified atom stereocenters. The van der Waals surface area contributed by atoms with Gasteiger partial charge in [-0.1, -0.05) is 6.07 Å². The number of ether oxygens (including phenoxy) is 1. The Bertz CT molecular complexity index is 1090. The first kappa shape index (κ1) is 22.6. The van der Waals surface area contributed by atoms with Crippen molar-refractivity contribution in [3.63, 3.8) is 0 Å². The molecule has 2 N–H and O–H groups in total. The molecule has 0 aliphatic heterocycles. The molecular weight excluding hydrogens is 415 g/mol. The summed E-state index contributed by atoms with van der Waals surface area (Å²) in [6.45, 7) is 5.65. The van der Waals surface area contributed by atoms with E-state index in [-0.39, 0.29) is 11.8 Å². The van der Waals surface area contributed by atoms with E-state index in [1.165, 1.54) is 23.5 Å². The van der Waals surface area contributed by atoms with Crippen molar-refractivity contribution >= 4 is 23.1 Å². The third-order valence-corrected chi connectivity index (χ3v) is 5.53. The number of aromatic nitrogens is 1. The Labute approximate surface area is 185 Å². The number of rotatable bonds is 8. The van der Waals surface area contributed by atoms with Crippen molar-refractivity contribution in [1.82, 2.24) is 15.2 Å². The predicted octanol–water partition coefficient (Wildman–Crippen LogP) is 4.61. The van der Waals surface area contributed by atoms with Gasteiger partial charge < -0.3 is 19.9 Å². The van der Waals surface area contributed by atoms with Gasteiger partial charge in [-0.2, -0.15) is 0 Å². The average molecular weight is 443 g/mol. The molecule has 0 spiro atoms. The largest absolute Gasteiger partial charge is 0.494 e. The van der Waals surface area contributed by atoms with Crippen molar-refractivity contribution in [3.8, 4) is 17.0 Å². The summed E-state index contributed by atoms with van der Waals surface area (Å²) in [4.78, 5) is 17.3. The molecule has 1 aromatic heterocycles. The second-order valence-corrected chi connectivity index (χ2v) is 7.83. The maximum atomic E-state index is 13.4. The topological polar surface area (TPSA) is 67.7 Å². The van der Waals surface area contributed by atoms with Crippen LogP contribution in [0.15, 0.2) is 52.8 Å². The highest BCUT2D eigenvalue weighted by Crippen LogP contribution is 2.28. The molecule has 2 aromatic carbocycles. The number of carbonyl (C=O) groups excluding carboxylic acids is 1. The molecule has 8 heteroatoms. The second kappa shape index (κ2) is 10.8. The first-order valence-corrected chi connectivity index (χ1v) is 11.0. The second-order valence-electron chi connectivity index (χ2n) is 6.99. The van der Waals surface area contributed by atoms with Crippen LogP contribution in [0, 0.1) is 12.7 Å². The number of hydrogen-bond acceptors (Lipinski definition) is 4. The minimum absolute atomic E-state index is 0.175. The molecule has 0 aliphatic rings. The van der Waals surface area contributed by atoms with Gasteiger partial charge in [0.1, 0.15) is 17.3 Å². The summed E-state index contributed by atoms with van der Waals surface area (Å²) in [6, 6.07) is 12.1. The van der Waals surface area contributed by atoms with Crippen molar-refractivity contribution in [2.24, 2.45) is 4.99 Å². The number of halogens is 1. The van der Waals surface area contributed by atoms with Crippen molar-refractivity contribution in [3.05, 3.63) is 64.0 Å². The van der Waals surface area contributed by atoms with Gasteiger partial charge in [-0.15, -0.1) is 11.3 Å². The number of urea groups is 1. The summed E-state index contributed by atoms with van der Waals surface area (Å²) in [5.74, 6) is 0.437. The van der Waals surface area contributed by atoms with Crippen LogP contribution in [0.3, 0.4) is 0 Å². The van der Waals surface area contributed by atoms with Crippen LogP contribution in [0.25, 0.3) is 11.3 Å². The average Bonchev–Trinajstić information content (AvgIpc) is 3.15. The SMILES string of the molecule is CCNC(=O)NCCCn1c(-c2ccc(F)cc2)csc1=Nc1ccc(C)cc1OC. The van der Waals surface area contributed by atoms with Crippen molar-refractivity contribution in [2.45, 2.75) is 26.8 Å². The van der Waals surface area contributed by atoms with Crippen LogP contribution in [0.2, 0.25) is 0 Å². The molecule has 2 amide bonds. The van der Waals surface area contributed by atoms with Crippen molar-refractivity contribution in [2.75, 3.05) is 20.2 Å². The number of carbonyl (C=O) groups is 1. The maximum absolute atomic E-state index is 13.4. The van der Waals surface area contributed by atoms with E-state index in [0.29, 0.717) is 25.4 Å². The predicted molar refractivity (Wildman–Crippen MR) is 122 cm³/mol. The van der Waals surface area contributed by atoms with Crippen molar-refractivity contribution in [1.29, 1.82) is 0 Å². The molecule has 0 atom stereocenters. The van der Waals surface area contributed by atoms with E-state index in [0.717, 1.165) is 33.7 Å². The lowest BCUT2D eigenvalue weighted by Crippen LogP contribution is -2.36. The molecule has 0 saturated heterocycles. The zero-order valence-corrected chi connectivity index (χ0v) is 18.8. The molecule has 164 valence electrons. The standard InChI is InChI=1S/C23H27FN4O2S/c1-4-25-22(29)26-12-5-13-28-20(17-7-9-18(24)10-8-17)15-31-23(28)27-19-11-6-16(2)14-21(19)30-3/h6-11,14-15H,4-5,12-13H2,1-3H3,(H2,25,26,29).